The van der Waals surface area contributed by atoms with Crippen LogP contribution in [0.2, 0.25) is 0 Å². The highest BCUT2D eigenvalue weighted by molar-refractivity contribution is 7.89. The molecule has 0 saturated carbocycles. The molecular formula is C21H21N5O3S. The van der Waals surface area contributed by atoms with Crippen molar-refractivity contribution in [3.05, 3.63) is 66.5 Å². The van der Waals surface area contributed by atoms with Gasteiger partial charge in [-0.3, -0.25) is 9.78 Å². The van der Waals surface area contributed by atoms with Crippen LogP contribution in [0.1, 0.15) is 17.3 Å². The van der Waals surface area contributed by atoms with Crippen LogP contribution >= 0.6 is 0 Å². The average molecular weight is 423 g/mol. The van der Waals surface area contributed by atoms with Gasteiger partial charge in [-0.25, -0.2) is 8.42 Å². The Morgan fingerprint density at radius 2 is 1.53 bits per heavy atom. The van der Waals surface area contributed by atoms with Crippen LogP contribution in [0.3, 0.4) is 0 Å². The highest BCUT2D eigenvalue weighted by Gasteiger charge is 2.29. The Labute approximate surface area is 175 Å². The predicted molar refractivity (Wildman–Crippen MR) is 113 cm³/mol. The molecule has 0 aliphatic carbocycles. The molecule has 4 rings (SSSR count). The number of rotatable bonds is 5. The Kier molecular flexibility index (Phi) is 5.56. The van der Waals surface area contributed by atoms with Gasteiger partial charge in [0.05, 0.1) is 10.6 Å². The second-order valence-corrected chi connectivity index (χ2v) is 8.92. The zero-order valence-corrected chi connectivity index (χ0v) is 17.3. The first-order valence-corrected chi connectivity index (χ1v) is 11.0. The van der Waals surface area contributed by atoms with E-state index >= 15 is 0 Å². The van der Waals surface area contributed by atoms with Crippen molar-refractivity contribution in [1.29, 1.82) is 0 Å². The zero-order chi connectivity index (χ0) is 21.1. The topological polar surface area (TPSA) is 96.4 Å². The van der Waals surface area contributed by atoms with Gasteiger partial charge in [-0.2, -0.15) is 4.31 Å². The average Bonchev–Trinajstić information content (AvgIpc) is 2.80. The van der Waals surface area contributed by atoms with Crippen molar-refractivity contribution in [2.45, 2.75) is 11.8 Å². The van der Waals surface area contributed by atoms with Gasteiger partial charge >= 0.3 is 0 Å². The van der Waals surface area contributed by atoms with Gasteiger partial charge in [-0.1, -0.05) is 12.1 Å². The molecule has 0 atom stereocenters. The molecule has 8 nitrogen and oxygen atoms in total. The quantitative estimate of drug-likeness (QED) is 0.581. The fraction of sp³-hybridized carbons (Fsp3) is 0.238. The Bertz CT molecular complexity index is 1130. The van der Waals surface area contributed by atoms with Crippen molar-refractivity contribution < 1.29 is 13.2 Å². The number of hydrogen-bond donors (Lipinski definition) is 0. The largest absolute Gasteiger partial charge is 0.352 e. The summed E-state index contributed by atoms with van der Waals surface area (Å²) in [5.41, 5.74) is 2.19. The first-order valence-electron chi connectivity index (χ1n) is 9.55. The molecule has 154 valence electrons. The number of pyridine rings is 1. The van der Waals surface area contributed by atoms with Gasteiger partial charge in [0, 0.05) is 49.7 Å². The van der Waals surface area contributed by atoms with Crippen molar-refractivity contribution >= 4 is 21.6 Å². The summed E-state index contributed by atoms with van der Waals surface area (Å²) in [4.78, 5) is 17.6. The molecule has 1 aromatic carbocycles. The molecule has 1 aliphatic heterocycles. The fourth-order valence-electron chi connectivity index (χ4n) is 3.34. The second-order valence-electron chi connectivity index (χ2n) is 6.98. The number of aromatic nitrogens is 3. The van der Waals surface area contributed by atoms with Crippen LogP contribution in [0.25, 0.3) is 11.3 Å². The van der Waals surface area contributed by atoms with Gasteiger partial charge < -0.3 is 4.90 Å². The number of nitrogens with zero attached hydrogens (tertiary/aromatic N) is 5. The van der Waals surface area contributed by atoms with E-state index in [1.165, 1.54) is 23.4 Å². The van der Waals surface area contributed by atoms with E-state index in [1.54, 1.807) is 24.5 Å². The molecule has 0 unspecified atom stereocenters. The summed E-state index contributed by atoms with van der Waals surface area (Å²) in [7, 11) is -3.60. The summed E-state index contributed by atoms with van der Waals surface area (Å²) in [6.45, 7) is 3.20. The molecular weight excluding hydrogens is 402 g/mol. The zero-order valence-electron chi connectivity index (χ0n) is 16.5. The lowest BCUT2D eigenvalue weighted by atomic mass is 10.2. The SMILES string of the molecule is CC(=O)c1ccc(S(=O)(=O)N2CCN(c3ccc(-c4ccncc4)nn3)CC2)cc1. The second kappa shape index (κ2) is 8.29. The molecule has 0 amide bonds. The van der Waals surface area contributed by atoms with E-state index in [4.69, 9.17) is 0 Å². The third-order valence-electron chi connectivity index (χ3n) is 5.09. The molecule has 1 fully saturated rings. The highest BCUT2D eigenvalue weighted by atomic mass is 32.2. The number of sulfonamides is 1. The fourth-order valence-corrected chi connectivity index (χ4v) is 4.76. The van der Waals surface area contributed by atoms with Crippen LogP contribution in [0, 0.1) is 0 Å². The van der Waals surface area contributed by atoms with Crippen LogP contribution in [-0.4, -0.2) is 59.9 Å². The lowest BCUT2D eigenvalue weighted by molar-refractivity contribution is 0.101. The third kappa shape index (κ3) is 4.07. The van der Waals surface area contributed by atoms with E-state index < -0.39 is 10.0 Å². The number of anilines is 1. The third-order valence-corrected chi connectivity index (χ3v) is 7.00. The standard InChI is InChI=1S/C21H21N5O3S/c1-16(27)17-2-4-19(5-3-17)30(28,29)26-14-12-25(13-15-26)21-7-6-20(23-24-21)18-8-10-22-11-9-18/h2-11H,12-15H2,1H3. The molecule has 0 radical (unpaired) electrons. The van der Waals surface area contributed by atoms with Crippen molar-refractivity contribution in [2.75, 3.05) is 31.1 Å². The lowest BCUT2D eigenvalue weighted by Gasteiger charge is -2.34. The van der Waals surface area contributed by atoms with Gasteiger partial charge in [0.1, 0.15) is 0 Å². The smallest absolute Gasteiger partial charge is 0.243 e. The van der Waals surface area contributed by atoms with Crippen molar-refractivity contribution in [3.63, 3.8) is 0 Å². The maximum Gasteiger partial charge on any atom is 0.243 e. The number of Topliss-reactive ketones (excluding diaryl/α,β-unsaturated/α-hetero) is 1. The van der Waals surface area contributed by atoms with Crippen molar-refractivity contribution in [1.82, 2.24) is 19.5 Å². The van der Waals surface area contributed by atoms with E-state index in [1.807, 2.05) is 29.2 Å². The molecule has 0 spiro atoms. The number of benzene rings is 1. The Morgan fingerprint density at radius 1 is 0.867 bits per heavy atom. The minimum atomic E-state index is -3.60. The summed E-state index contributed by atoms with van der Waals surface area (Å²) in [5, 5.41) is 8.59. The summed E-state index contributed by atoms with van der Waals surface area (Å²) in [6.07, 6.45) is 3.41. The predicted octanol–water partition coefficient (Wildman–Crippen LogP) is 2.25. The van der Waals surface area contributed by atoms with Crippen LogP contribution < -0.4 is 4.90 Å². The molecule has 3 aromatic rings. The van der Waals surface area contributed by atoms with Gasteiger partial charge in [0.2, 0.25) is 10.0 Å². The lowest BCUT2D eigenvalue weighted by Crippen LogP contribution is -2.49. The maximum absolute atomic E-state index is 12.9. The molecule has 0 N–H and O–H groups in total. The summed E-state index contributed by atoms with van der Waals surface area (Å²) < 4.78 is 27.3. The minimum absolute atomic E-state index is 0.0939. The van der Waals surface area contributed by atoms with Crippen LogP contribution in [-0.2, 0) is 10.0 Å². The van der Waals surface area contributed by atoms with Crippen LogP contribution in [0.15, 0.2) is 65.8 Å². The first-order chi connectivity index (χ1) is 14.4. The Hall–Kier alpha value is -3.17. The van der Waals surface area contributed by atoms with Gasteiger partial charge in [-0.05, 0) is 43.3 Å². The van der Waals surface area contributed by atoms with Gasteiger partial charge in [0.15, 0.2) is 11.6 Å². The number of carbonyl (C=O) groups excluding carboxylic acids is 1. The molecule has 1 aliphatic rings. The highest BCUT2D eigenvalue weighted by Crippen LogP contribution is 2.22. The van der Waals surface area contributed by atoms with Gasteiger partial charge in [-0.15, -0.1) is 10.2 Å². The van der Waals surface area contributed by atoms with E-state index in [2.05, 4.69) is 15.2 Å². The minimum Gasteiger partial charge on any atom is -0.352 e. The molecule has 0 bridgehead atoms. The molecule has 3 heterocycles. The first kappa shape index (κ1) is 20.1. The maximum atomic E-state index is 12.9. The Balaban J connectivity index is 1.42. The number of piperazine rings is 1. The number of ketones is 1. The van der Waals surface area contributed by atoms with Crippen LogP contribution in [0.5, 0.6) is 0 Å². The molecule has 9 heteroatoms. The summed E-state index contributed by atoms with van der Waals surface area (Å²) >= 11 is 0. The number of carbonyl (C=O) groups is 1. The monoisotopic (exact) mass is 423 g/mol. The van der Waals surface area contributed by atoms with E-state index in [9.17, 15) is 13.2 Å². The van der Waals surface area contributed by atoms with Gasteiger partial charge in [0.25, 0.3) is 0 Å². The molecule has 30 heavy (non-hydrogen) atoms. The van der Waals surface area contributed by atoms with Crippen molar-refractivity contribution in [3.8, 4) is 11.3 Å². The molecule has 2 aromatic heterocycles. The summed E-state index contributed by atoms with van der Waals surface area (Å²) in [5.74, 6) is 0.624. The van der Waals surface area contributed by atoms with E-state index in [0.29, 0.717) is 31.7 Å². The van der Waals surface area contributed by atoms with E-state index in [0.717, 1.165) is 17.1 Å². The Morgan fingerprint density at radius 3 is 2.10 bits per heavy atom. The van der Waals surface area contributed by atoms with Crippen molar-refractivity contribution in [2.24, 2.45) is 0 Å². The number of hydrogen-bond acceptors (Lipinski definition) is 7. The van der Waals surface area contributed by atoms with E-state index in [-0.39, 0.29) is 10.7 Å². The normalized spacial score (nSPS) is 15.2. The summed E-state index contributed by atoms with van der Waals surface area (Å²) in [6, 6.07) is 13.6. The molecule has 1 saturated heterocycles. The van der Waals surface area contributed by atoms with Crippen LogP contribution in [0.4, 0.5) is 5.82 Å².